The van der Waals surface area contributed by atoms with Crippen LogP contribution in [0.3, 0.4) is 0 Å². The summed E-state index contributed by atoms with van der Waals surface area (Å²) in [6, 6.07) is 1.25. The van der Waals surface area contributed by atoms with E-state index in [1.165, 1.54) is 31.4 Å². The first-order chi connectivity index (χ1) is 11.8. The van der Waals surface area contributed by atoms with E-state index in [0.29, 0.717) is 12.6 Å². The predicted octanol–water partition coefficient (Wildman–Crippen LogP) is 2.52. The molecule has 0 spiro atoms. The summed E-state index contributed by atoms with van der Waals surface area (Å²) in [5.74, 6) is 0. The maximum absolute atomic E-state index is 9.52. The molecule has 2 aromatic heterocycles. The van der Waals surface area contributed by atoms with E-state index in [1.54, 1.807) is 11.3 Å². The summed E-state index contributed by atoms with van der Waals surface area (Å²) in [6.07, 6.45) is 8.48. The van der Waals surface area contributed by atoms with Gasteiger partial charge in [0.25, 0.3) is 0 Å². The Morgan fingerprint density at radius 1 is 1.29 bits per heavy atom. The van der Waals surface area contributed by atoms with Gasteiger partial charge in [0.05, 0.1) is 11.4 Å². The lowest BCUT2D eigenvalue weighted by Crippen LogP contribution is -2.56. The van der Waals surface area contributed by atoms with Crippen molar-refractivity contribution in [2.45, 2.75) is 57.7 Å². The van der Waals surface area contributed by atoms with Crippen molar-refractivity contribution in [3.63, 3.8) is 0 Å². The Balaban J connectivity index is 1.47. The van der Waals surface area contributed by atoms with Gasteiger partial charge in [0, 0.05) is 56.4 Å². The zero-order valence-electron chi connectivity index (χ0n) is 14.5. The summed E-state index contributed by atoms with van der Waals surface area (Å²) in [4.78, 5) is 11.0. The zero-order valence-corrected chi connectivity index (χ0v) is 15.3. The van der Waals surface area contributed by atoms with Crippen molar-refractivity contribution in [1.29, 1.82) is 0 Å². The molecule has 2 fully saturated rings. The normalized spacial score (nSPS) is 24.3. The second kappa shape index (κ2) is 7.12. The molecule has 6 heteroatoms. The van der Waals surface area contributed by atoms with Crippen LogP contribution in [0.15, 0.2) is 11.6 Å². The predicted molar refractivity (Wildman–Crippen MR) is 97.5 cm³/mol. The first-order valence-corrected chi connectivity index (χ1v) is 10.1. The minimum atomic E-state index is 0.294. The topological polar surface area (TPSA) is 44.0 Å². The second-order valence-electron chi connectivity index (χ2n) is 7.28. The lowest BCUT2D eigenvalue weighted by molar-refractivity contribution is 0.0261. The van der Waals surface area contributed by atoms with Crippen LogP contribution >= 0.6 is 11.3 Å². The van der Waals surface area contributed by atoms with E-state index in [2.05, 4.69) is 37.7 Å². The Bertz CT molecular complexity index is 676. The molecule has 1 N–H and O–H groups in total. The van der Waals surface area contributed by atoms with Crippen molar-refractivity contribution in [2.75, 3.05) is 26.2 Å². The molecule has 4 rings (SSSR count). The number of aliphatic hydroxyl groups excluding tert-OH is 1. The van der Waals surface area contributed by atoms with Gasteiger partial charge in [-0.3, -0.25) is 14.2 Å². The van der Waals surface area contributed by atoms with Gasteiger partial charge in [-0.25, -0.2) is 4.98 Å². The second-order valence-corrected chi connectivity index (χ2v) is 8.15. The zero-order chi connectivity index (χ0) is 16.5. The highest BCUT2D eigenvalue weighted by Crippen LogP contribution is 2.28. The molecule has 2 aromatic rings. The van der Waals surface area contributed by atoms with E-state index in [-0.39, 0.29) is 0 Å². The average Bonchev–Trinajstić information content (AvgIpc) is 3.28. The highest BCUT2D eigenvalue weighted by molar-refractivity contribution is 7.15. The molecular formula is C18H28N4OS. The fourth-order valence-corrected chi connectivity index (χ4v) is 5.32. The Labute approximate surface area is 147 Å². The number of aromatic nitrogens is 2. The molecule has 0 unspecified atom stereocenters. The molecule has 0 aromatic carbocycles. The third kappa shape index (κ3) is 3.12. The summed E-state index contributed by atoms with van der Waals surface area (Å²) in [5, 5.41) is 11.6. The van der Waals surface area contributed by atoms with Gasteiger partial charge >= 0.3 is 0 Å². The first-order valence-electron chi connectivity index (χ1n) is 9.26. The number of nitrogens with zero attached hydrogens (tertiary/aromatic N) is 4. The number of hydrogen-bond donors (Lipinski definition) is 1. The van der Waals surface area contributed by atoms with Gasteiger partial charge in [0.1, 0.15) is 0 Å². The SMILES string of the molecule is Cc1nc2sccn2c1CN1CCN(C2CCCC2)[C@H](CCO)C1. The van der Waals surface area contributed by atoms with Gasteiger partial charge in [-0.1, -0.05) is 12.8 Å². The standard InChI is InChI=1S/C18H28N4OS/c1-14-17(22-9-11-24-18(22)19-14)13-20-7-8-21(15-4-2-3-5-15)16(12-20)6-10-23/h9,11,15-16,23H,2-8,10,12-13H2,1H3/t16-/m1/s1. The number of fused-ring (bicyclic) bond motifs is 1. The minimum absolute atomic E-state index is 0.294. The van der Waals surface area contributed by atoms with Gasteiger partial charge in [-0.05, 0) is 26.2 Å². The summed E-state index contributed by atoms with van der Waals surface area (Å²) >= 11 is 1.70. The van der Waals surface area contributed by atoms with E-state index in [0.717, 1.165) is 49.3 Å². The van der Waals surface area contributed by atoms with Crippen molar-refractivity contribution >= 4 is 16.3 Å². The Hall–Kier alpha value is -0.950. The number of imidazole rings is 1. The monoisotopic (exact) mass is 348 g/mol. The van der Waals surface area contributed by atoms with Crippen LogP contribution in [0.25, 0.3) is 4.96 Å². The molecule has 1 aliphatic heterocycles. The maximum atomic E-state index is 9.52. The summed E-state index contributed by atoms with van der Waals surface area (Å²) in [6.45, 7) is 6.70. The average molecular weight is 349 g/mol. The molecule has 1 saturated carbocycles. The number of aryl methyl sites for hydroxylation is 1. The highest BCUT2D eigenvalue weighted by atomic mass is 32.1. The number of piperazine rings is 1. The summed E-state index contributed by atoms with van der Waals surface area (Å²) < 4.78 is 2.24. The molecule has 3 heterocycles. The Kier molecular flexibility index (Phi) is 4.90. The van der Waals surface area contributed by atoms with Gasteiger partial charge in [-0.15, -0.1) is 11.3 Å². The van der Waals surface area contributed by atoms with E-state index < -0.39 is 0 Å². The Morgan fingerprint density at radius 2 is 2.12 bits per heavy atom. The van der Waals surface area contributed by atoms with E-state index in [9.17, 15) is 5.11 Å². The van der Waals surface area contributed by atoms with Gasteiger partial charge in [-0.2, -0.15) is 0 Å². The maximum Gasteiger partial charge on any atom is 0.194 e. The highest BCUT2D eigenvalue weighted by Gasteiger charge is 2.33. The van der Waals surface area contributed by atoms with Crippen LogP contribution < -0.4 is 0 Å². The van der Waals surface area contributed by atoms with Crippen molar-refractivity contribution in [3.05, 3.63) is 23.0 Å². The van der Waals surface area contributed by atoms with E-state index in [4.69, 9.17) is 0 Å². The number of hydrogen-bond acceptors (Lipinski definition) is 5. The van der Waals surface area contributed by atoms with Gasteiger partial charge in [0.2, 0.25) is 0 Å². The Morgan fingerprint density at radius 3 is 2.92 bits per heavy atom. The van der Waals surface area contributed by atoms with Crippen molar-refractivity contribution in [3.8, 4) is 0 Å². The van der Waals surface area contributed by atoms with Crippen LogP contribution in [0, 0.1) is 6.92 Å². The third-order valence-electron chi connectivity index (χ3n) is 5.80. The van der Waals surface area contributed by atoms with Crippen molar-refractivity contribution in [2.24, 2.45) is 0 Å². The number of rotatable bonds is 5. The molecule has 132 valence electrons. The fourth-order valence-electron chi connectivity index (χ4n) is 4.54. The smallest absolute Gasteiger partial charge is 0.194 e. The van der Waals surface area contributed by atoms with Crippen molar-refractivity contribution < 1.29 is 5.11 Å². The van der Waals surface area contributed by atoms with Crippen LogP contribution in [-0.4, -0.2) is 62.6 Å². The fraction of sp³-hybridized carbons (Fsp3) is 0.722. The summed E-state index contributed by atoms with van der Waals surface area (Å²) in [5.41, 5.74) is 2.47. The molecule has 1 aliphatic carbocycles. The van der Waals surface area contributed by atoms with Gasteiger partial charge < -0.3 is 5.11 Å². The van der Waals surface area contributed by atoms with Crippen molar-refractivity contribution in [1.82, 2.24) is 19.2 Å². The molecule has 1 atom stereocenters. The molecule has 1 saturated heterocycles. The number of thiazole rings is 1. The largest absolute Gasteiger partial charge is 0.396 e. The summed E-state index contributed by atoms with van der Waals surface area (Å²) in [7, 11) is 0. The molecule has 0 radical (unpaired) electrons. The number of aliphatic hydroxyl groups is 1. The first kappa shape index (κ1) is 16.5. The quantitative estimate of drug-likeness (QED) is 0.902. The van der Waals surface area contributed by atoms with Crippen LogP contribution in [0.1, 0.15) is 43.5 Å². The van der Waals surface area contributed by atoms with E-state index in [1.807, 2.05) is 0 Å². The molecule has 0 amide bonds. The van der Waals surface area contributed by atoms with E-state index >= 15 is 0 Å². The molecular weight excluding hydrogens is 320 g/mol. The molecule has 2 aliphatic rings. The van der Waals surface area contributed by atoms with Crippen LogP contribution in [0.4, 0.5) is 0 Å². The molecule has 0 bridgehead atoms. The van der Waals surface area contributed by atoms with Gasteiger partial charge in [0.15, 0.2) is 4.96 Å². The van der Waals surface area contributed by atoms with Crippen LogP contribution in [0.5, 0.6) is 0 Å². The minimum Gasteiger partial charge on any atom is -0.396 e. The third-order valence-corrected chi connectivity index (χ3v) is 6.56. The molecule has 5 nitrogen and oxygen atoms in total. The van der Waals surface area contributed by atoms with Crippen LogP contribution in [-0.2, 0) is 6.54 Å². The lowest BCUT2D eigenvalue weighted by Gasteiger charge is -2.44. The van der Waals surface area contributed by atoms with Crippen LogP contribution in [0.2, 0.25) is 0 Å². The molecule has 24 heavy (non-hydrogen) atoms. The lowest BCUT2D eigenvalue weighted by atomic mass is 10.0.